The van der Waals surface area contributed by atoms with Gasteiger partial charge in [-0.3, -0.25) is 9.59 Å². The quantitative estimate of drug-likeness (QED) is 0.444. The van der Waals surface area contributed by atoms with Gasteiger partial charge in [0.25, 0.3) is 11.8 Å². The molecule has 0 bridgehead atoms. The minimum Gasteiger partial charge on any atom is -0.378 e. The summed E-state index contributed by atoms with van der Waals surface area (Å²) in [4.78, 5) is 33.6. The van der Waals surface area contributed by atoms with Crippen LogP contribution < -0.4 is 5.32 Å². The smallest absolute Gasteiger partial charge is 0.256 e. The fourth-order valence-corrected chi connectivity index (χ4v) is 4.49. The summed E-state index contributed by atoms with van der Waals surface area (Å²) in [5, 5.41) is 8.16. The average Bonchev–Trinajstić information content (AvgIpc) is 3.33. The van der Waals surface area contributed by atoms with Crippen molar-refractivity contribution in [2.45, 2.75) is 26.8 Å². The lowest BCUT2D eigenvalue weighted by atomic mass is 10.0. The van der Waals surface area contributed by atoms with Gasteiger partial charge in [0.1, 0.15) is 0 Å². The van der Waals surface area contributed by atoms with E-state index in [9.17, 15) is 9.59 Å². The highest BCUT2D eigenvalue weighted by atomic mass is 16.5. The highest BCUT2D eigenvalue weighted by Crippen LogP contribution is 2.29. The van der Waals surface area contributed by atoms with Crippen LogP contribution in [0.15, 0.2) is 60.8 Å². The number of hydrogen-bond donors (Lipinski definition) is 1. The van der Waals surface area contributed by atoms with Crippen LogP contribution in [0, 0.1) is 6.92 Å². The van der Waals surface area contributed by atoms with Gasteiger partial charge in [-0.15, -0.1) is 0 Å². The van der Waals surface area contributed by atoms with Crippen LogP contribution in [-0.4, -0.2) is 57.8 Å². The van der Waals surface area contributed by atoms with Crippen molar-refractivity contribution in [2.75, 3.05) is 31.6 Å². The predicted octanol–water partition coefficient (Wildman–Crippen LogP) is 4.71. The van der Waals surface area contributed by atoms with Crippen LogP contribution in [0.5, 0.6) is 0 Å². The summed E-state index contributed by atoms with van der Waals surface area (Å²) in [5.41, 5.74) is 4.74. The summed E-state index contributed by atoms with van der Waals surface area (Å²) in [6.45, 7) is 8.16. The number of carbonyl (C=O) groups is 2. The van der Waals surface area contributed by atoms with E-state index in [0.717, 1.165) is 11.1 Å². The monoisotopic (exact) mass is 483 g/mol. The fourth-order valence-electron chi connectivity index (χ4n) is 4.49. The van der Waals surface area contributed by atoms with Gasteiger partial charge in [0.15, 0.2) is 5.65 Å². The molecule has 36 heavy (non-hydrogen) atoms. The minimum atomic E-state index is -0.317. The number of para-hydroxylation sites is 1. The Hall–Kier alpha value is -4.04. The summed E-state index contributed by atoms with van der Waals surface area (Å²) in [7, 11) is 0. The molecular weight excluding hydrogens is 454 g/mol. The van der Waals surface area contributed by atoms with Crippen LogP contribution in [-0.2, 0) is 4.74 Å². The number of hydrogen-bond acceptors (Lipinski definition) is 5. The molecule has 1 saturated heterocycles. The molecule has 2 aromatic carbocycles. The van der Waals surface area contributed by atoms with Crippen molar-refractivity contribution in [3.8, 4) is 11.3 Å². The molecule has 0 aliphatic carbocycles. The molecule has 4 aromatic rings. The second kappa shape index (κ2) is 9.91. The molecule has 0 radical (unpaired) electrons. The number of ether oxygens (including phenoxy) is 1. The van der Waals surface area contributed by atoms with Crippen LogP contribution in [0.4, 0.5) is 5.69 Å². The van der Waals surface area contributed by atoms with Gasteiger partial charge in [-0.2, -0.15) is 5.10 Å². The zero-order valence-corrected chi connectivity index (χ0v) is 20.7. The summed E-state index contributed by atoms with van der Waals surface area (Å²) < 4.78 is 7.20. The van der Waals surface area contributed by atoms with Gasteiger partial charge in [0.2, 0.25) is 0 Å². The molecular formula is C28H29N5O3. The summed E-state index contributed by atoms with van der Waals surface area (Å²) >= 11 is 0. The molecule has 2 aromatic heterocycles. The zero-order chi connectivity index (χ0) is 25.2. The first kappa shape index (κ1) is 23.7. The van der Waals surface area contributed by atoms with Crippen LogP contribution >= 0.6 is 0 Å². The Labute approximate surface area is 209 Å². The molecule has 0 unspecified atom stereocenters. The van der Waals surface area contributed by atoms with Gasteiger partial charge in [-0.1, -0.05) is 36.4 Å². The Balaban J connectivity index is 1.56. The third-order valence-electron chi connectivity index (χ3n) is 6.43. The molecule has 1 aliphatic heterocycles. The average molecular weight is 484 g/mol. The lowest BCUT2D eigenvalue weighted by molar-refractivity contribution is 0.0303. The summed E-state index contributed by atoms with van der Waals surface area (Å²) in [6.07, 6.45) is 1.68. The number of rotatable bonds is 5. The van der Waals surface area contributed by atoms with Crippen LogP contribution in [0.3, 0.4) is 0 Å². The lowest BCUT2D eigenvalue weighted by Gasteiger charge is -2.27. The molecule has 8 nitrogen and oxygen atoms in total. The van der Waals surface area contributed by atoms with Gasteiger partial charge in [0.05, 0.1) is 47.3 Å². The van der Waals surface area contributed by atoms with Crippen LogP contribution in [0.25, 0.3) is 22.3 Å². The second-order valence-corrected chi connectivity index (χ2v) is 9.19. The van der Waals surface area contributed by atoms with E-state index >= 15 is 0 Å². The number of anilines is 1. The third kappa shape index (κ3) is 4.47. The molecule has 0 atom stereocenters. The molecule has 1 N–H and O–H groups in total. The number of nitrogens with zero attached hydrogens (tertiary/aromatic N) is 4. The summed E-state index contributed by atoms with van der Waals surface area (Å²) in [5.74, 6) is -0.440. The van der Waals surface area contributed by atoms with Crippen molar-refractivity contribution < 1.29 is 14.3 Å². The second-order valence-electron chi connectivity index (χ2n) is 9.19. The Morgan fingerprint density at radius 1 is 1.00 bits per heavy atom. The Morgan fingerprint density at radius 2 is 1.72 bits per heavy atom. The normalized spacial score (nSPS) is 13.8. The topological polar surface area (TPSA) is 89.4 Å². The maximum absolute atomic E-state index is 13.7. The maximum Gasteiger partial charge on any atom is 0.256 e. The lowest BCUT2D eigenvalue weighted by Crippen LogP contribution is -2.41. The number of morpholine rings is 1. The van der Waals surface area contributed by atoms with Crippen molar-refractivity contribution >= 4 is 28.5 Å². The molecule has 2 amide bonds. The van der Waals surface area contributed by atoms with Gasteiger partial charge in [-0.05, 0) is 44.5 Å². The Morgan fingerprint density at radius 3 is 2.47 bits per heavy atom. The molecule has 3 heterocycles. The number of nitrogens with one attached hydrogen (secondary N) is 1. The van der Waals surface area contributed by atoms with E-state index in [1.807, 2.05) is 55.8 Å². The van der Waals surface area contributed by atoms with E-state index in [4.69, 9.17) is 9.72 Å². The van der Waals surface area contributed by atoms with Crippen molar-refractivity contribution in [3.05, 3.63) is 77.5 Å². The van der Waals surface area contributed by atoms with E-state index in [1.165, 1.54) is 0 Å². The number of fused-ring (bicyclic) bond motifs is 1. The number of aromatic nitrogens is 3. The van der Waals surface area contributed by atoms with E-state index in [1.54, 1.807) is 35.4 Å². The molecule has 0 spiro atoms. The summed E-state index contributed by atoms with van der Waals surface area (Å²) in [6, 6.07) is 16.9. The Bertz CT molecular complexity index is 1440. The first-order valence-corrected chi connectivity index (χ1v) is 12.2. The highest BCUT2D eigenvalue weighted by molar-refractivity contribution is 6.14. The maximum atomic E-state index is 13.7. The number of carbonyl (C=O) groups excluding carboxylic acids is 2. The molecule has 184 valence electrons. The molecule has 8 heteroatoms. The van der Waals surface area contributed by atoms with Gasteiger partial charge < -0.3 is 15.0 Å². The first-order valence-electron chi connectivity index (χ1n) is 12.2. The predicted molar refractivity (Wildman–Crippen MR) is 139 cm³/mol. The number of pyridine rings is 1. The number of amides is 2. The van der Waals surface area contributed by atoms with E-state index in [0.29, 0.717) is 59.8 Å². The largest absolute Gasteiger partial charge is 0.378 e. The number of aryl methyl sites for hydroxylation is 1. The van der Waals surface area contributed by atoms with Crippen molar-refractivity contribution in [3.63, 3.8) is 0 Å². The van der Waals surface area contributed by atoms with Gasteiger partial charge in [0, 0.05) is 24.7 Å². The van der Waals surface area contributed by atoms with Crippen LogP contribution in [0.2, 0.25) is 0 Å². The fraction of sp³-hybridized carbons (Fsp3) is 0.286. The highest BCUT2D eigenvalue weighted by Gasteiger charge is 2.24. The van der Waals surface area contributed by atoms with Crippen molar-refractivity contribution in [2.24, 2.45) is 0 Å². The SMILES string of the molecule is Cc1ccccc1-c1cc(C(=O)Nc2ccccc2C(=O)N2CCOCC2)c2cnn(C(C)C)c2n1. The molecule has 0 saturated carbocycles. The molecule has 1 aliphatic rings. The van der Waals surface area contributed by atoms with Gasteiger partial charge in [-0.25, -0.2) is 9.67 Å². The minimum absolute atomic E-state index is 0.0740. The third-order valence-corrected chi connectivity index (χ3v) is 6.43. The van der Waals surface area contributed by atoms with Crippen LogP contribution in [0.1, 0.15) is 46.2 Å². The standard InChI is InChI=1S/C28H29N5O3/c1-18(2)33-26-23(17-29-33)22(16-25(30-26)20-9-5-4-8-19(20)3)27(34)31-24-11-7-6-10-21(24)28(35)32-12-14-36-15-13-32/h4-11,16-18H,12-15H2,1-3H3,(H,31,34). The number of benzene rings is 2. The zero-order valence-electron chi connectivity index (χ0n) is 20.7. The molecule has 1 fully saturated rings. The van der Waals surface area contributed by atoms with Crippen molar-refractivity contribution in [1.29, 1.82) is 0 Å². The van der Waals surface area contributed by atoms with E-state index in [2.05, 4.69) is 10.4 Å². The van der Waals surface area contributed by atoms with Crippen molar-refractivity contribution in [1.82, 2.24) is 19.7 Å². The van der Waals surface area contributed by atoms with E-state index in [-0.39, 0.29) is 17.9 Å². The molecule has 5 rings (SSSR count). The van der Waals surface area contributed by atoms with Gasteiger partial charge >= 0.3 is 0 Å². The Kier molecular flexibility index (Phi) is 6.52. The van der Waals surface area contributed by atoms with E-state index < -0.39 is 0 Å². The first-order chi connectivity index (χ1) is 17.4.